The largest absolute Gasteiger partial charge is 0.497 e. The molecule has 0 aliphatic carbocycles. The lowest BCUT2D eigenvalue weighted by Gasteiger charge is -2.32. The van der Waals surface area contributed by atoms with E-state index < -0.39 is 38.9 Å². The molecular formula is C26H35NO8S. The molecule has 0 bridgehead atoms. The smallest absolute Gasteiger partial charge is 0.336 e. The second kappa shape index (κ2) is 13.4. The third-order valence-electron chi connectivity index (χ3n) is 5.40. The Morgan fingerprint density at radius 2 is 1.58 bits per heavy atom. The van der Waals surface area contributed by atoms with E-state index in [4.69, 9.17) is 18.4 Å². The number of hydrogen-bond acceptors (Lipinski definition) is 8. The van der Waals surface area contributed by atoms with E-state index in [-0.39, 0.29) is 26.2 Å². The summed E-state index contributed by atoms with van der Waals surface area (Å²) in [4.78, 5) is 24.5. The lowest BCUT2D eigenvalue weighted by Crippen LogP contribution is -2.45. The average molecular weight is 522 g/mol. The Morgan fingerprint density at radius 1 is 0.972 bits per heavy atom. The lowest BCUT2D eigenvalue weighted by atomic mass is 9.87. The fourth-order valence-corrected chi connectivity index (χ4v) is 4.67. The van der Waals surface area contributed by atoms with E-state index in [0.717, 1.165) is 11.1 Å². The van der Waals surface area contributed by atoms with E-state index in [9.17, 15) is 18.0 Å². The van der Waals surface area contributed by atoms with E-state index in [1.807, 2.05) is 30.3 Å². The summed E-state index contributed by atoms with van der Waals surface area (Å²) in [6, 6.07) is 16.3. The topological polar surface area (TPSA) is 117 Å². The molecular weight excluding hydrogens is 486 g/mol. The van der Waals surface area contributed by atoms with Gasteiger partial charge in [0.1, 0.15) is 12.4 Å². The molecule has 0 radical (unpaired) electrons. The van der Waals surface area contributed by atoms with Crippen molar-refractivity contribution in [3.05, 3.63) is 65.7 Å². The van der Waals surface area contributed by atoms with Crippen LogP contribution in [0.3, 0.4) is 0 Å². The molecule has 36 heavy (non-hydrogen) atoms. The number of methoxy groups -OCH3 is 1. The number of nitrogens with one attached hydrogen (secondary N) is 1. The van der Waals surface area contributed by atoms with Crippen molar-refractivity contribution in [3.8, 4) is 5.75 Å². The zero-order valence-corrected chi connectivity index (χ0v) is 22.2. The van der Waals surface area contributed by atoms with Crippen LogP contribution >= 0.6 is 0 Å². The van der Waals surface area contributed by atoms with Crippen molar-refractivity contribution < 1.29 is 36.4 Å². The van der Waals surface area contributed by atoms with Crippen LogP contribution < -0.4 is 10.1 Å². The highest BCUT2D eigenvalue weighted by Gasteiger charge is 2.40. The third-order valence-corrected chi connectivity index (χ3v) is 7.00. The summed E-state index contributed by atoms with van der Waals surface area (Å²) < 4.78 is 47.3. The maximum Gasteiger partial charge on any atom is 0.336 e. The van der Waals surface area contributed by atoms with Crippen LogP contribution in [0.25, 0.3) is 0 Å². The minimum atomic E-state index is -4.14. The van der Waals surface area contributed by atoms with Gasteiger partial charge in [0.05, 0.1) is 20.3 Å². The summed E-state index contributed by atoms with van der Waals surface area (Å²) in [5.41, 5.74) is 0.497. The molecule has 2 rings (SSSR count). The normalized spacial score (nSPS) is 13.5. The fraction of sp³-hybridized carbons (Fsp3) is 0.462. The van der Waals surface area contributed by atoms with Gasteiger partial charge in [0.25, 0.3) is 10.1 Å². The second-order valence-electron chi connectivity index (χ2n) is 8.97. The molecule has 1 N–H and O–H groups in total. The molecule has 0 aliphatic heterocycles. The van der Waals surface area contributed by atoms with Crippen LogP contribution in [-0.2, 0) is 46.6 Å². The Kier molecular flexibility index (Phi) is 10.9. The standard InChI is InChI=1S/C26H35NO8S/c1-6-23(27-19(2)28)36(30,31)35-18-26(3,4)24(25(29)34-17-20-10-8-7-9-11-20)33-16-21-12-14-22(32-5)15-13-21/h7-15,23-24H,6,16-18H2,1-5H3,(H,27,28)/t23?,24-/m0/s1. The van der Waals surface area contributed by atoms with Crippen LogP contribution in [0.1, 0.15) is 45.2 Å². The van der Waals surface area contributed by atoms with E-state index in [2.05, 4.69) is 5.32 Å². The van der Waals surface area contributed by atoms with E-state index in [0.29, 0.717) is 5.75 Å². The van der Waals surface area contributed by atoms with Crippen LogP contribution in [0.5, 0.6) is 5.75 Å². The van der Waals surface area contributed by atoms with E-state index >= 15 is 0 Å². The van der Waals surface area contributed by atoms with E-state index in [1.165, 1.54) is 6.92 Å². The predicted molar refractivity (Wildman–Crippen MR) is 134 cm³/mol. The fourth-order valence-electron chi connectivity index (χ4n) is 3.32. The van der Waals surface area contributed by atoms with Crippen molar-refractivity contribution in [2.24, 2.45) is 5.41 Å². The minimum Gasteiger partial charge on any atom is -0.497 e. The molecule has 10 heteroatoms. The summed E-state index contributed by atoms with van der Waals surface area (Å²) in [5, 5.41) is 1.17. The molecule has 0 heterocycles. The molecule has 0 saturated heterocycles. The summed E-state index contributed by atoms with van der Waals surface area (Å²) >= 11 is 0. The maximum atomic E-state index is 13.1. The highest BCUT2D eigenvalue weighted by Crippen LogP contribution is 2.28. The Labute approximate surface area is 213 Å². The van der Waals surface area contributed by atoms with Gasteiger partial charge in [0, 0.05) is 12.3 Å². The monoisotopic (exact) mass is 521 g/mol. The number of esters is 1. The quantitative estimate of drug-likeness (QED) is 0.296. The van der Waals surface area contributed by atoms with Crippen molar-refractivity contribution in [1.29, 1.82) is 0 Å². The molecule has 198 valence electrons. The number of rotatable bonds is 14. The number of carbonyl (C=O) groups is 2. The van der Waals surface area contributed by atoms with Crippen molar-refractivity contribution in [2.45, 2.75) is 58.8 Å². The summed E-state index contributed by atoms with van der Waals surface area (Å²) in [7, 11) is -2.58. The molecule has 1 amide bonds. The van der Waals surface area contributed by atoms with Gasteiger partial charge in [-0.05, 0) is 29.7 Å². The first kappa shape index (κ1) is 29.3. The van der Waals surface area contributed by atoms with Gasteiger partial charge in [-0.15, -0.1) is 0 Å². The van der Waals surface area contributed by atoms with Gasteiger partial charge < -0.3 is 19.5 Å². The molecule has 1 unspecified atom stereocenters. The summed E-state index contributed by atoms with van der Waals surface area (Å²) in [6.45, 7) is 5.92. The van der Waals surface area contributed by atoms with Crippen LogP contribution in [-0.4, -0.2) is 45.5 Å². The predicted octanol–water partition coefficient (Wildman–Crippen LogP) is 3.57. The van der Waals surface area contributed by atoms with Gasteiger partial charge in [-0.2, -0.15) is 8.42 Å². The Hall–Kier alpha value is -2.95. The first-order valence-electron chi connectivity index (χ1n) is 11.6. The highest BCUT2D eigenvalue weighted by atomic mass is 32.2. The number of amides is 1. The number of carbonyl (C=O) groups excluding carboxylic acids is 2. The SMILES string of the molecule is CCC(NC(C)=O)S(=O)(=O)OCC(C)(C)[C@@H](OCc1ccc(OC)cc1)C(=O)OCc1ccccc1. The van der Waals surface area contributed by atoms with Crippen LogP contribution in [0, 0.1) is 5.41 Å². The molecule has 0 aromatic heterocycles. The number of ether oxygens (including phenoxy) is 3. The lowest BCUT2D eigenvalue weighted by molar-refractivity contribution is -0.170. The summed E-state index contributed by atoms with van der Waals surface area (Å²) in [6.07, 6.45) is -1.02. The molecule has 0 spiro atoms. The van der Waals surface area contributed by atoms with Crippen LogP contribution in [0.4, 0.5) is 0 Å². The van der Waals surface area contributed by atoms with E-state index in [1.54, 1.807) is 52.1 Å². The van der Waals surface area contributed by atoms with Gasteiger partial charge in [-0.3, -0.25) is 8.98 Å². The van der Waals surface area contributed by atoms with Gasteiger partial charge >= 0.3 is 5.97 Å². The van der Waals surface area contributed by atoms with Crippen molar-refractivity contribution >= 4 is 22.0 Å². The molecule has 2 aromatic rings. The molecule has 2 aromatic carbocycles. The van der Waals surface area contributed by atoms with Gasteiger partial charge in [0.2, 0.25) is 5.91 Å². The summed E-state index contributed by atoms with van der Waals surface area (Å²) in [5.74, 6) is -0.452. The van der Waals surface area contributed by atoms with Crippen molar-refractivity contribution in [2.75, 3.05) is 13.7 Å². The molecule has 0 fully saturated rings. The molecule has 2 atom stereocenters. The molecule has 0 aliphatic rings. The Bertz CT molecular complexity index is 1080. The average Bonchev–Trinajstić information content (AvgIpc) is 2.85. The Balaban J connectivity index is 2.17. The van der Waals surface area contributed by atoms with Gasteiger partial charge in [-0.1, -0.05) is 63.2 Å². The van der Waals surface area contributed by atoms with Crippen molar-refractivity contribution in [1.82, 2.24) is 5.32 Å². The minimum absolute atomic E-state index is 0.0394. The van der Waals surface area contributed by atoms with Gasteiger partial charge in [-0.25, -0.2) is 4.79 Å². The van der Waals surface area contributed by atoms with Crippen molar-refractivity contribution in [3.63, 3.8) is 0 Å². The van der Waals surface area contributed by atoms with Crippen LogP contribution in [0.2, 0.25) is 0 Å². The highest BCUT2D eigenvalue weighted by molar-refractivity contribution is 7.87. The zero-order valence-electron chi connectivity index (χ0n) is 21.4. The molecule has 9 nitrogen and oxygen atoms in total. The number of benzene rings is 2. The maximum absolute atomic E-state index is 13.1. The zero-order chi connectivity index (χ0) is 26.8. The molecule has 0 saturated carbocycles. The number of hydrogen-bond donors (Lipinski definition) is 1. The van der Waals surface area contributed by atoms with Crippen LogP contribution in [0.15, 0.2) is 54.6 Å². The first-order valence-corrected chi connectivity index (χ1v) is 13.1. The second-order valence-corrected chi connectivity index (χ2v) is 10.8. The first-order chi connectivity index (χ1) is 17.0. The Morgan fingerprint density at radius 3 is 2.14 bits per heavy atom. The van der Waals surface area contributed by atoms with Gasteiger partial charge in [0.15, 0.2) is 11.5 Å². The third kappa shape index (κ3) is 8.92.